The smallest absolute Gasteiger partial charge is 0.355 e. The molecule has 1 aromatic rings. The number of aromatic nitrogens is 1. The van der Waals surface area contributed by atoms with Gasteiger partial charge in [0.1, 0.15) is 5.01 Å². The average Bonchev–Trinajstić information content (AvgIpc) is 2.86. The van der Waals surface area contributed by atoms with Crippen molar-refractivity contribution in [3.63, 3.8) is 0 Å². The Morgan fingerprint density at radius 3 is 2.93 bits per heavy atom. The van der Waals surface area contributed by atoms with E-state index in [1.807, 2.05) is 0 Å². The van der Waals surface area contributed by atoms with Gasteiger partial charge in [-0.3, -0.25) is 0 Å². The molecule has 5 heteroatoms. The second-order valence-electron chi connectivity index (χ2n) is 3.47. The molecule has 1 heterocycles. The van der Waals surface area contributed by atoms with Crippen molar-refractivity contribution in [2.75, 3.05) is 0 Å². The molecule has 1 aliphatic rings. The zero-order valence-electron chi connectivity index (χ0n) is 7.91. The molecule has 1 fully saturated rings. The minimum Gasteiger partial charge on any atom is -0.476 e. The molecule has 0 aliphatic heterocycles. The normalized spacial score (nSPS) is 15.8. The van der Waals surface area contributed by atoms with E-state index >= 15 is 0 Å². The van der Waals surface area contributed by atoms with Gasteiger partial charge in [-0.25, -0.2) is 9.78 Å². The lowest BCUT2D eigenvalue weighted by atomic mass is 10.4. The average molecular weight is 212 g/mol. The van der Waals surface area contributed by atoms with Crippen molar-refractivity contribution in [2.45, 2.75) is 32.4 Å². The Labute approximate surface area is 86.0 Å². The molecular formula is C9H12N2O2S. The highest BCUT2D eigenvalue weighted by molar-refractivity contribution is 7.11. The van der Waals surface area contributed by atoms with Crippen molar-refractivity contribution >= 4 is 17.3 Å². The Bertz CT molecular complexity index is 358. The number of aryl methyl sites for hydroxylation is 1. The summed E-state index contributed by atoms with van der Waals surface area (Å²) < 4.78 is 0. The number of carboxylic acid groups (broad SMARTS) is 1. The van der Waals surface area contributed by atoms with E-state index < -0.39 is 5.97 Å². The summed E-state index contributed by atoms with van der Waals surface area (Å²) in [4.78, 5) is 15.6. The molecular weight excluding hydrogens is 200 g/mol. The molecule has 76 valence electrons. The zero-order valence-corrected chi connectivity index (χ0v) is 8.73. The van der Waals surface area contributed by atoms with Crippen LogP contribution in [0.5, 0.6) is 0 Å². The Balaban J connectivity index is 2.02. The van der Waals surface area contributed by atoms with Crippen LogP contribution in [0.2, 0.25) is 0 Å². The van der Waals surface area contributed by atoms with Gasteiger partial charge in [0.25, 0.3) is 0 Å². The Morgan fingerprint density at radius 1 is 1.71 bits per heavy atom. The SMILES string of the molecule is Cc1sc(CNC2CC2)nc1C(=O)O. The number of aromatic carboxylic acids is 1. The molecule has 0 amide bonds. The van der Waals surface area contributed by atoms with E-state index in [4.69, 9.17) is 5.11 Å². The minimum absolute atomic E-state index is 0.197. The molecule has 0 spiro atoms. The molecule has 0 bridgehead atoms. The molecule has 0 saturated heterocycles. The number of carbonyl (C=O) groups is 1. The maximum Gasteiger partial charge on any atom is 0.355 e. The number of carboxylic acids is 1. The van der Waals surface area contributed by atoms with Gasteiger partial charge >= 0.3 is 5.97 Å². The summed E-state index contributed by atoms with van der Waals surface area (Å²) in [5, 5.41) is 13.0. The predicted molar refractivity (Wildman–Crippen MR) is 53.7 cm³/mol. The Hall–Kier alpha value is -0.940. The predicted octanol–water partition coefficient (Wildman–Crippen LogP) is 1.40. The largest absolute Gasteiger partial charge is 0.476 e. The van der Waals surface area contributed by atoms with Crippen molar-refractivity contribution in [1.29, 1.82) is 0 Å². The standard InChI is InChI=1S/C9H12N2O2S/c1-5-8(9(12)13)11-7(14-5)4-10-6-2-3-6/h6,10H,2-4H2,1H3,(H,12,13). The number of hydrogen-bond acceptors (Lipinski definition) is 4. The van der Waals surface area contributed by atoms with Crippen LogP contribution >= 0.6 is 11.3 Å². The van der Waals surface area contributed by atoms with Crippen molar-refractivity contribution in [3.05, 3.63) is 15.6 Å². The van der Waals surface area contributed by atoms with E-state index in [-0.39, 0.29) is 5.69 Å². The lowest BCUT2D eigenvalue weighted by molar-refractivity contribution is 0.0690. The summed E-state index contributed by atoms with van der Waals surface area (Å²) >= 11 is 1.46. The topological polar surface area (TPSA) is 62.2 Å². The number of nitrogens with zero attached hydrogens (tertiary/aromatic N) is 1. The van der Waals surface area contributed by atoms with Crippen molar-refractivity contribution in [3.8, 4) is 0 Å². The number of nitrogens with one attached hydrogen (secondary N) is 1. The Morgan fingerprint density at radius 2 is 2.43 bits per heavy atom. The summed E-state index contributed by atoms with van der Waals surface area (Å²) in [6, 6.07) is 0.632. The summed E-state index contributed by atoms with van der Waals surface area (Å²) in [6.45, 7) is 2.49. The first kappa shape index (κ1) is 9.61. The van der Waals surface area contributed by atoms with E-state index in [0.717, 1.165) is 9.88 Å². The third-order valence-corrected chi connectivity index (χ3v) is 3.13. The van der Waals surface area contributed by atoms with Gasteiger partial charge in [0.2, 0.25) is 0 Å². The fraction of sp³-hybridized carbons (Fsp3) is 0.556. The van der Waals surface area contributed by atoms with Crippen molar-refractivity contribution in [1.82, 2.24) is 10.3 Å². The molecule has 4 nitrogen and oxygen atoms in total. The monoisotopic (exact) mass is 212 g/mol. The fourth-order valence-electron chi connectivity index (χ4n) is 1.24. The van der Waals surface area contributed by atoms with Gasteiger partial charge in [-0.15, -0.1) is 11.3 Å². The van der Waals surface area contributed by atoms with Crippen LogP contribution in [0.1, 0.15) is 33.2 Å². The molecule has 1 aliphatic carbocycles. The van der Waals surface area contributed by atoms with Crippen LogP contribution in [0.25, 0.3) is 0 Å². The van der Waals surface area contributed by atoms with Gasteiger partial charge in [0.15, 0.2) is 5.69 Å². The number of hydrogen-bond donors (Lipinski definition) is 2. The van der Waals surface area contributed by atoms with Gasteiger partial charge in [-0.2, -0.15) is 0 Å². The van der Waals surface area contributed by atoms with E-state index in [9.17, 15) is 4.79 Å². The molecule has 2 rings (SSSR count). The maximum atomic E-state index is 10.7. The molecule has 14 heavy (non-hydrogen) atoms. The highest BCUT2D eigenvalue weighted by Crippen LogP contribution is 2.21. The van der Waals surface area contributed by atoms with Crippen molar-refractivity contribution in [2.24, 2.45) is 0 Å². The molecule has 0 aromatic carbocycles. The lowest BCUT2D eigenvalue weighted by Crippen LogP contribution is -2.15. The number of thiazole rings is 1. The minimum atomic E-state index is -0.934. The summed E-state index contributed by atoms with van der Waals surface area (Å²) in [7, 11) is 0. The van der Waals surface area contributed by atoms with Gasteiger partial charge in [-0.05, 0) is 19.8 Å². The highest BCUT2D eigenvalue weighted by Gasteiger charge is 2.21. The van der Waals surface area contributed by atoms with Crippen LogP contribution < -0.4 is 5.32 Å². The van der Waals surface area contributed by atoms with Gasteiger partial charge in [0.05, 0.1) is 0 Å². The van der Waals surface area contributed by atoms with Gasteiger partial charge < -0.3 is 10.4 Å². The van der Waals surface area contributed by atoms with E-state index in [0.29, 0.717) is 12.6 Å². The molecule has 1 saturated carbocycles. The second-order valence-corrected chi connectivity index (χ2v) is 4.76. The van der Waals surface area contributed by atoms with Gasteiger partial charge in [-0.1, -0.05) is 0 Å². The van der Waals surface area contributed by atoms with Gasteiger partial charge in [0, 0.05) is 17.5 Å². The van der Waals surface area contributed by atoms with Crippen LogP contribution in [-0.2, 0) is 6.54 Å². The van der Waals surface area contributed by atoms with Crippen molar-refractivity contribution < 1.29 is 9.90 Å². The van der Waals surface area contributed by atoms with Crippen LogP contribution in [0.4, 0.5) is 0 Å². The fourth-order valence-corrected chi connectivity index (χ4v) is 2.12. The summed E-state index contributed by atoms with van der Waals surface area (Å²) in [5.74, 6) is -0.934. The second kappa shape index (κ2) is 3.67. The van der Waals surface area contributed by atoms with Crippen LogP contribution in [0, 0.1) is 6.92 Å². The molecule has 0 unspecified atom stereocenters. The first-order valence-electron chi connectivity index (χ1n) is 4.60. The molecule has 2 N–H and O–H groups in total. The van der Waals surface area contributed by atoms with Crippen LogP contribution in [0.3, 0.4) is 0 Å². The lowest BCUT2D eigenvalue weighted by Gasteiger charge is -1.96. The summed E-state index contributed by atoms with van der Waals surface area (Å²) in [6.07, 6.45) is 2.46. The molecule has 0 atom stereocenters. The van der Waals surface area contributed by atoms with Crippen LogP contribution in [0.15, 0.2) is 0 Å². The summed E-state index contributed by atoms with van der Waals surface area (Å²) in [5.41, 5.74) is 0.197. The van der Waals surface area contributed by atoms with Crippen LogP contribution in [-0.4, -0.2) is 22.1 Å². The zero-order chi connectivity index (χ0) is 10.1. The first-order valence-corrected chi connectivity index (χ1v) is 5.41. The first-order chi connectivity index (χ1) is 6.66. The number of rotatable bonds is 4. The molecule has 1 aromatic heterocycles. The quantitative estimate of drug-likeness (QED) is 0.792. The molecule has 0 radical (unpaired) electrons. The van der Waals surface area contributed by atoms with E-state index in [1.165, 1.54) is 24.2 Å². The third kappa shape index (κ3) is 2.10. The maximum absolute atomic E-state index is 10.7. The van der Waals surface area contributed by atoms with E-state index in [2.05, 4.69) is 10.3 Å². The third-order valence-electron chi connectivity index (χ3n) is 2.16. The Kier molecular flexibility index (Phi) is 2.52. The van der Waals surface area contributed by atoms with E-state index in [1.54, 1.807) is 6.92 Å². The highest BCUT2D eigenvalue weighted by atomic mass is 32.1.